The van der Waals surface area contributed by atoms with E-state index in [4.69, 9.17) is 10.5 Å². The molecule has 1 fully saturated rings. The van der Waals surface area contributed by atoms with E-state index in [-0.39, 0.29) is 18.2 Å². The fourth-order valence-electron chi connectivity index (χ4n) is 3.78. The number of nitrogens with two attached hydrogens (primary N) is 1. The number of alkyl halides is 2. The van der Waals surface area contributed by atoms with E-state index in [0.29, 0.717) is 30.7 Å². The lowest BCUT2D eigenvalue weighted by molar-refractivity contribution is -0.0514. The van der Waals surface area contributed by atoms with Crippen LogP contribution in [-0.4, -0.2) is 37.8 Å². The number of benzene rings is 2. The number of nitrogens with zero attached hydrogens (tertiary/aromatic N) is 1. The molecule has 7 heteroatoms. The third kappa shape index (κ3) is 5.56. The molecule has 2 aromatic carbocycles. The van der Waals surface area contributed by atoms with Crippen LogP contribution < -0.4 is 15.2 Å². The summed E-state index contributed by atoms with van der Waals surface area (Å²) in [6.07, 6.45) is 0. The first-order valence-electron chi connectivity index (χ1n) is 9.28. The molecule has 154 valence electrons. The van der Waals surface area contributed by atoms with Crippen LogP contribution in [-0.2, 0) is 6.54 Å². The summed E-state index contributed by atoms with van der Waals surface area (Å²) in [4.78, 5) is 2.36. The highest BCUT2D eigenvalue weighted by molar-refractivity contribution is 5.85. The maximum atomic E-state index is 12.6. The summed E-state index contributed by atoms with van der Waals surface area (Å²) in [6.45, 7) is 2.52. The van der Waals surface area contributed by atoms with Crippen LogP contribution in [0.3, 0.4) is 0 Å². The standard InChI is InChI=1S/C21H26F2N2O2.ClH/c1-2-26-20-10-15(8-9-19(20)27-21(22)23)12-25-13-17(11-24)18(14-25)16-6-4-3-5-7-16;/h3-10,17-18,21H,2,11-14,24H2,1H3;1H/t17-,18+;/m1./s1. The van der Waals surface area contributed by atoms with Crippen LogP contribution in [0.2, 0.25) is 0 Å². The molecule has 2 N–H and O–H groups in total. The Balaban J connectivity index is 0.00000280. The van der Waals surface area contributed by atoms with Crippen LogP contribution in [0.1, 0.15) is 24.0 Å². The predicted molar refractivity (Wildman–Crippen MR) is 108 cm³/mol. The van der Waals surface area contributed by atoms with Crippen molar-refractivity contribution in [2.75, 3.05) is 26.2 Å². The summed E-state index contributed by atoms with van der Waals surface area (Å²) in [7, 11) is 0. The maximum absolute atomic E-state index is 12.6. The molecule has 3 rings (SSSR count). The Hall–Kier alpha value is -1.89. The van der Waals surface area contributed by atoms with Crippen LogP contribution in [0.4, 0.5) is 8.78 Å². The summed E-state index contributed by atoms with van der Waals surface area (Å²) >= 11 is 0. The second kappa shape index (κ2) is 10.6. The number of hydrogen-bond acceptors (Lipinski definition) is 4. The number of hydrogen-bond donors (Lipinski definition) is 1. The number of ether oxygens (including phenoxy) is 2. The van der Waals surface area contributed by atoms with Gasteiger partial charge in [0.2, 0.25) is 0 Å². The Morgan fingerprint density at radius 3 is 2.50 bits per heavy atom. The van der Waals surface area contributed by atoms with Crippen molar-refractivity contribution < 1.29 is 18.3 Å². The second-order valence-corrected chi connectivity index (χ2v) is 6.80. The molecule has 2 aromatic rings. The zero-order valence-corrected chi connectivity index (χ0v) is 16.7. The van der Waals surface area contributed by atoms with Gasteiger partial charge in [-0.1, -0.05) is 36.4 Å². The fourth-order valence-corrected chi connectivity index (χ4v) is 3.78. The SMILES string of the molecule is CCOc1cc(CN2C[C@@H](CN)[C@H](c3ccccc3)C2)ccc1OC(F)F.Cl. The first kappa shape index (κ1) is 22.4. The van der Waals surface area contributed by atoms with Gasteiger partial charge in [0.05, 0.1) is 6.61 Å². The van der Waals surface area contributed by atoms with Crippen LogP contribution in [0, 0.1) is 5.92 Å². The van der Waals surface area contributed by atoms with Crippen molar-refractivity contribution in [3.63, 3.8) is 0 Å². The van der Waals surface area contributed by atoms with E-state index in [9.17, 15) is 8.78 Å². The zero-order valence-electron chi connectivity index (χ0n) is 15.9. The molecule has 0 bridgehead atoms. The zero-order chi connectivity index (χ0) is 19.2. The van der Waals surface area contributed by atoms with Crippen molar-refractivity contribution in [3.05, 3.63) is 59.7 Å². The van der Waals surface area contributed by atoms with Gasteiger partial charge in [-0.2, -0.15) is 8.78 Å². The van der Waals surface area contributed by atoms with Gasteiger partial charge in [0.15, 0.2) is 11.5 Å². The highest BCUT2D eigenvalue weighted by Gasteiger charge is 2.32. The van der Waals surface area contributed by atoms with Gasteiger partial charge >= 0.3 is 6.61 Å². The van der Waals surface area contributed by atoms with Crippen molar-refractivity contribution in [2.24, 2.45) is 11.7 Å². The molecule has 4 nitrogen and oxygen atoms in total. The lowest BCUT2D eigenvalue weighted by atomic mass is 9.89. The highest BCUT2D eigenvalue weighted by Crippen LogP contribution is 2.34. The van der Waals surface area contributed by atoms with Gasteiger partial charge in [-0.3, -0.25) is 4.90 Å². The number of rotatable bonds is 8. The van der Waals surface area contributed by atoms with E-state index in [1.165, 1.54) is 5.56 Å². The molecule has 0 aromatic heterocycles. The van der Waals surface area contributed by atoms with Gasteiger partial charge < -0.3 is 15.2 Å². The number of halogens is 3. The molecule has 0 saturated carbocycles. The van der Waals surface area contributed by atoms with Crippen LogP contribution in [0.5, 0.6) is 11.5 Å². The molecule has 1 aliphatic heterocycles. The van der Waals surface area contributed by atoms with E-state index < -0.39 is 6.61 Å². The van der Waals surface area contributed by atoms with Crippen molar-refractivity contribution in [2.45, 2.75) is 26.0 Å². The van der Waals surface area contributed by atoms with E-state index in [1.807, 2.05) is 19.1 Å². The Morgan fingerprint density at radius 2 is 1.86 bits per heavy atom. The molecule has 1 heterocycles. The summed E-state index contributed by atoms with van der Waals surface area (Å²) in [5, 5.41) is 0. The van der Waals surface area contributed by atoms with Gasteiger partial charge in [-0.05, 0) is 42.6 Å². The molecule has 0 amide bonds. The van der Waals surface area contributed by atoms with E-state index in [2.05, 4.69) is 33.9 Å². The van der Waals surface area contributed by atoms with Crippen LogP contribution >= 0.6 is 12.4 Å². The largest absolute Gasteiger partial charge is 0.490 e. The smallest absolute Gasteiger partial charge is 0.387 e. The first-order chi connectivity index (χ1) is 13.1. The molecule has 1 saturated heterocycles. The molecule has 28 heavy (non-hydrogen) atoms. The van der Waals surface area contributed by atoms with Crippen LogP contribution in [0.25, 0.3) is 0 Å². The van der Waals surface area contributed by atoms with E-state index in [0.717, 1.165) is 25.2 Å². The topological polar surface area (TPSA) is 47.7 Å². The average Bonchev–Trinajstić information content (AvgIpc) is 3.07. The molecular weight excluding hydrogens is 386 g/mol. The van der Waals surface area contributed by atoms with Crippen molar-refractivity contribution >= 4 is 12.4 Å². The van der Waals surface area contributed by atoms with Crippen molar-refractivity contribution in [1.82, 2.24) is 4.90 Å². The van der Waals surface area contributed by atoms with Crippen molar-refractivity contribution in [1.29, 1.82) is 0 Å². The minimum Gasteiger partial charge on any atom is -0.490 e. The van der Waals surface area contributed by atoms with Crippen LogP contribution in [0.15, 0.2) is 48.5 Å². The van der Waals surface area contributed by atoms with Gasteiger partial charge in [0.1, 0.15) is 0 Å². The minimum atomic E-state index is -2.87. The predicted octanol–water partition coefficient (Wildman–Crippen LogP) is 4.28. The average molecular weight is 413 g/mol. The molecule has 2 atom stereocenters. The third-order valence-electron chi connectivity index (χ3n) is 4.98. The first-order valence-corrected chi connectivity index (χ1v) is 9.28. The van der Waals surface area contributed by atoms with Crippen molar-refractivity contribution in [3.8, 4) is 11.5 Å². The number of likely N-dealkylation sites (tertiary alicyclic amines) is 1. The van der Waals surface area contributed by atoms with E-state index >= 15 is 0 Å². The molecule has 0 aliphatic carbocycles. The Bertz CT molecular complexity index is 734. The second-order valence-electron chi connectivity index (χ2n) is 6.80. The third-order valence-corrected chi connectivity index (χ3v) is 4.98. The maximum Gasteiger partial charge on any atom is 0.387 e. The van der Waals surface area contributed by atoms with Gasteiger partial charge in [0, 0.05) is 25.6 Å². The lowest BCUT2D eigenvalue weighted by Gasteiger charge is -2.18. The summed E-state index contributed by atoms with van der Waals surface area (Å²) in [6, 6.07) is 15.6. The Morgan fingerprint density at radius 1 is 1.11 bits per heavy atom. The molecule has 0 unspecified atom stereocenters. The fraction of sp³-hybridized carbons (Fsp3) is 0.429. The summed E-state index contributed by atoms with van der Waals surface area (Å²) in [5.41, 5.74) is 8.33. The van der Waals surface area contributed by atoms with Gasteiger partial charge in [0.25, 0.3) is 0 Å². The molecular formula is C21H27ClF2N2O2. The Kier molecular flexibility index (Phi) is 8.48. The molecule has 0 spiro atoms. The Labute approximate surface area is 171 Å². The monoisotopic (exact) mass is 412 g/mol. The summed E-state index contributed by atoms with van der Waals surface area (Å²) < 4.78 is 35.1. The van der Waals surface area contributed by atoms with Gasteiger partial charge in [-0.15, -0.1) is 12.4 Å². The quantitative estimate of drug-likeness (QED) is 0.702. The molecule has 0 radical (unpaired) electrons. The molecule has 1 aliphatic rings. The van der Waals surface area contributed by atoms with E-state index in [1.54, 1.807) is 12.1 Å². The highest BCUT2D eigenvalue weighted by atomic mass is 35.5. The lowest BCUT2D eigenvalue weighted by Crippen LogP contribution is -2.23. The minimum absolute atomic E-state index is 0. The summed E-state index contributed by atoms with van der Waals surface area (Å²) in [5.74, 6) is 1.23. The normalized spacial score (nSPS) is 19.5. The van der Waals surface area contributed by atoms with Gasteiger partial charge in [-0.25, -0.2) is 0 Å².